The number of aromatic nitrogens is 2. The predicted octanol–water partition coefficient (Wildman–Crippen LogP) is 1.01. The van der Waals surface area contributed by atoms with Crippen LogP contribution in [0.15, 0.2) is 11.0 Å². The summed E-state index contributed by atoms with van der Waals surface area (Å²) >= 11 is 5.65. The summed E-state index contributed by atoms with van der Waals surface area (Å²) in [7, 11) is 0. The van der Waals surface area contributed by atoms with Crippen molar-refractivity contribution >= 4 is 23.2 Å². The van der Waals surface area contributed by atoms with Crippen LogP contribution in [0.3, 0.4) is 0 Å². The Hall–Kier alpha value is -1.77. The number of hydrogen-bond acceptors (Lipinski definition) is 4. The van der Waals surface area contributed by atoms with Crippen LogP contribution in [0, 0.1) is 0 Å². The number of carbonyl (C=O) groups is 1. The Morgan fingerprint density at radius 1 is 1.50 bits per heavy atom. The van der Waals surface area contributed by atoms with E-state index >= 15 is 0 Å². The first-order valence-electron chi connectivity index (χ1n) is 5.57. The summed E-state index contributed by atoms with van der Waals surface area (Å²) in [5, 5.41) is 7.93. The maximum Gasteiger partial charge on any atom is 0.408 e. The Labute approximate surface area is 116 Å². The molecule has 0 saturated heterocycles. The van der Waals surface area contributed by atoms with E-state index in [1.165, 1.54) is 0 Å². The van der Waals surface area contributed by atoms with Crippen molar-refractivity contribution < 1.29 is 18.0 Å². The van der Waals surface area contributed by atoms with Crippen molar-refractivity contribution in [2.45, 2.75) is 19.6 Å². The first-order valence-corrected chi connectivity index (χ1v) is 5.95. The second-order valence-electron chi connectivity index (χ2n) is 3.76. The largest absolute Gasteiger partial charge is 0.408 e. The van der Waals surface area contributed by atoms with Crippen LogP contribution in [-0.4, -0.2) is 35.0 Å². The van der Waals surface area contributed by atoms with Crippen molar-refractivity contribution in [3.05, 3.63) is 21.6 Å². The number of nitrogens with zero attached hydrogens (tertiary/aromatic N) is 2. The maximum absolute atomic E-state index is 12.2. The lowest BCUT2D eigenvalue weighted by atomic mass is 10.4. The standard InChI is InChI=1S/C10H12ClF3N4O2/c1-2-15-7(19)4-16-6-3-17-18(5-10(12,13)14)9(20)8(6)11/h3,16H,2,4-5H2,1H3,(H,15,19). The normalized spacial score (nSPS) is 11.2. The highest BCUT2D eigenvalue weighted by molar-refractivity contribution is 6.33. The van der Waals surface area contributed by atoms with Gasteiger partial charge in [-0.1, -0.05) is 11.6 Å². The number of amides is 1. The highest BCUT2D eigenvalue weighted by Gasteiger charge is 2.29. The molecule has 0 spiro atoms. The Morgan fingerprint density at radius 2 is 2.15 bits per heavy atom. The monoisotopic (exact) mass is 312 g/mol. The van der Waals surface area contributed by atoms with E-state index in [0.717, 1.165) is 6.20 Å². The molecule has 1 aromatic heterocycles. The topological polar surface area (TPSA) is 76.0 Å². The molecular weight excluding hydrogens is 301 g/mol. The molecule has 1 rings (SSSR count). The second kappa shape index (κ2) is 6.60. The molecule has 1 aromatic rings. The minimum atomic E-state index is -4.57. The average molecular weight is 313 g/mol. The lowest BCUT2D eigenvalue weighted by Gasteiger charge is -2.11. The molecule has 1 heterocycles. The molecule has 0 radical (unpaired) electrons. The predicted molar refractivity (Wildman–Crippen MR) is 66.7 cm³/mol. The molecule has 0 aliphatic rings. The van der Waals surface area contributed by atoms with E-state index < -0.39 is 23.3 Å². The third-order valence-corrected chi connectivity index (χ3v) is 2.49. The van der Waals surface area contributed by atoms with Crippen LogP contribution in [-0.2, 0) is 11.3 Å². The van der Waals surface area contributed by atoms with Crippen molar-refractivity contribution in [3.8, 4) is 0 Å². The zero-order chi connectivity index (χ0) is 15.3. The number of likely N-dealkylation sites (N-methyl/N-ethyl adjacent to an activating group) is 1. The molecule has 0 bridgehead atoms. The molecule has 112 valence electrons. The zero-order valence-electron chi connectivity index (χ0n) is 10.4. The Balaban J connectivity index is 2.84. The average Bonchev–Trinajstić information content (AvgIpc) is 2.33. The van der Waals surface area contributed by atoms with Crippen LogP contribution >= 0.6 is 11.6 Å². The van der Waals surface area contributed by atoms with Crippen LogP contribution in [0.2, 0.25) is 5.02 Å². The summed E-state index contributed by atoms with van der Waals surface area (Å²) in [5.74, 6) is -0.344. The minimum absolute atomic E-state index is 0.00124. The summed E-state index contributed by atoms with van der Waals surface area (Å²) < 4.78 is 36.8. The summed E-state index contributed by atoms with van der Waals surface area (Å²) in [6, 6.07) is 0. The molecule has 0 aliphatic carbocycles. The fraction of sp³-hybridized carbons (Fsp3) is 0.500. The molecule has 1 amide bonds. The number of nitrogens with one attached hydrogen (secondary N) is 2. The quantitative estimate of drug-likeness (QED) is 0.851. The van der Waals surface area contributed by atoms with Crippen molar-refractivity contribution in [2.24, 2.45) is 0 Å². The molecule has 0 aromatic carbocycles. The SMILES string of the molecule is CCNC(=O)CNc1cnn(CC(F)(F)F)c(=O)c1Cl. The van der Waals surface area contributed by atoms with E-state index in [-0.39, 0.29) is 22.8 Å². The Kier molecular flexibility index (Phi) is 5.37. The first kappa shape index (κ1) is 16.3. The van der Waals surface area contributed by atoms with Gasteiger partial charge in [0.05, 0.1) is 18.4 Å². The van der Waals surface area contributed by atoms with Gasteiger partial charge < -0.3 is 10.6 Å². The van der Waals surface area contributed by atoms with Crippen LogP contribution in [0.4, 0.5) is 18.9 Å². The summed E-state index contributed by atoms with van der Waals surface area (Å²) in [4.78, 5) is 22.8. The molecule has 20 heavy (non-hydrogen) atoms. The van der Waals surface area contributed by atoms with Gasteiger partial charge in [-0.25, -0.2) is 4.68 Å². The second-order valence-corrected chi connectivity index (χ2v) is 4.14. The fourth-order valence-corrected chi connectivity index (χ4v) is 1.52. The van der Waals surface area contributed by atoms with Crippen LogP contribution in [0.5, 0.6) is 0 Å². The highest BCUT2D eigenvalue weighted by Crippen LogP contribution is 2.18. The van der Waals surface area contributed by atoms with Gasteiger partial charge in [0.1, 0.15) is 11.6 Å². The Morgan fingerprint density at radius 3 is 2.70 bits per heavy atom. The number of rotatable bonds is 5. The van der Waals surface area contributed by atoms with Gasteiger partial charge in [0, 0.05) is 6.54 Å². The smallest absolute Gasteiger partial charge is 0.373 e. The highest BCUT2D eigenvalue weighted by atomic mass is 35.5. The number of carbonyl (C=O) groups excluding carboxylic acids is 1. The van der Waals surface area contributed by atoms with Gasteiger partial charge in [0.2, 0.25) is 5.91 Å². The first-order chi connectivity index (χ1) is 9.24. The number of anilines is 1. The third kappa shape index (κ3) is 4.72. The number of alkyl halides is 3. The van der Waals surface area contributed by atoms with Crippen molar-refractivity contribution in [1.82, 2.24) is 15.1 Å². The van der Waals surface area contributed by atoms with Gasteiger partial charge in [-0.2, -0.15) is 18.3 Å². The van der Waals surface area contributed by atoms with Gasteiger partial charge in [-0.3, -0.25) is 9.59 Å². The van der Waals surface area contributed by atoms with Crippen LogP contribution in [0.1, 0.15) is 6.92 Å². The van der Waals surface area contributed by atoms with Crippen LogP contribution < -0.4 is 16.2 Å². The fourth-order valence-electron chi connectivity index (χ4n) is 1.31. The van der Waals surface area contributed by atoms with Gasteiger partial charge in [-0.05, 0) is 6.92 Å². The van der Waals surface area contributed by atoms with Gasteiger partial charge in [0.15, 0.2) is 0 Å². The minimum Gasteiger partial charge on any atom is -0.373 e. The molecule has 10 heteroatoms. The summed E-state index contributed by atoms with van der Waals surface area (Å²) in [5.41, 5.74) is -1.08. The third-order valence-electron chi connectivity index (χ3n) is 2.13. The lowest BCUT2D eigenvalue weighted by molar-refractivity contribution is -0.143. The van der Waals surface area contributed by atoms with Crippen LogP contribution in [0.25, 0.3) is 0 Å². The van der Waals surface area contributed by atoms with E-state index in [9.17, 15) is 22.8 Å². The molecule has 0 saturated carbocycles. The van der Waals surface area contributed by atoms with E-state index in [1.54, 1.807) is 6.92 Å². The number of halogens is 4. The molecule has 2 N–H and O–H groups in total. The summed E-state index contributed by atoms with van der Waals surface area (Å²) in [6.45, 7) is 0.463. The van der Waals surface area contributed by atoms with E-state index in [0.29, 0.717) is 6.54 Å². The van der Waals surface area contributed by atoms with E-state index in [4.69, 9.17) is 11.6 Å². The van der Waals surface area contributed by atoms with Gasteiger partial charge >= 0.3 is 6.18 Å². The lowest BCUT2D eigenvalue weighted by Crippen LogP contribution is -2.32. The zero-order valence-corrected chi connectivity index (χ0v) is 11.2. The molecule has 0 aliphatic heterocycles. The molecule has 0 fully saturated rings. The molecule has 0 unspecified atom stereocenters. The van der Waals surface area contributed by atoms with Crippen molar-refractivity contribution in [2.75, 3.05) is 18.4 Å². The van der Waals surface area contributed by atoms with E-state index in [1.807, 2.05) is 0 Å². The van der Waals surface area contributed by atoms with Crippen molar-refractivity contribution in [1.29, 1.82) is 0 Å². The summed E-state index contributed by atoms with van der Waals surface area (Å²) in [6.07, 6.45) is -3.61. The Bertz CT molecular complexity index is 544. The van der Waals surface area contributed by atoms with Crippen molar-refractivity contribution in [3.63, 3.8) is 0 Å². The molecule has 0 atom stereocenters. The molecular formula is C10H12ClF3N4O2. The molecule has 6 nitrogen and oxygen atoms in total. The van der Waals surface area contributed by atoms with E-state index in [2.05, 4.69) is 15.7 Å². The number of hydrogen-bond donors (Lipinski definition) is 2. The van der Waals surface area contributed by atoms with Gasteiger partial charge in [-0.15, -0.1) is 0 Å². The maximum atomic E-state index is 12.2. The van der Waals surface area contributed by atoms with Gasteiger partial charge in [0.25, 0.3) is 5.56 Å².